The maximum absolute atomic E-state index is 7.30. The molecule has 0 fully saturated rings. The predicted molar refractivity (Wildman–Crippen MR) is 167 cm³/mol. The highest BCUT2D eigenvalue weighted by Crippen LogP contribution is 2.29. The van der Waals surface area contributed by atoms with Gasteiger partial charge in [-0.3, -0.25) is 0 Å². The van der Waals surface area contributed by atoms with Crippen molar-refractivity contribution in [2.75, 3.05) is 0 Å². The van der Waals surface area contributed by atoms with Crippen molar-refractivity contribution in [1.29, 1.82) is 0 Å². The number of hydrogen-bond donors (Lipinski definition) is 0. The first kappa shape index (κ1) is 28.2. The van der Waals surface area contributed by atoms with E-state index < -0.39 is 16.6 Å². The first-order chi connectivity index (χ1) is 18.0. The van der Waals surface area contributed by atoms with Crippen LogP contribution >= 0.6 is 0 Å². The highest BCUT2D eigenvalue weighted by atomic mass is 28.4. The van der Waals surface area contributed by atoms with E-state index in [1.165, 1.54) is 20.7 Å². The average molecular weight is 539 g/mol. The Labute approximate surface area is 231 Å². The van der Waals surface area contributed by atoms with Gasteiger partial charge in [-0.25, -0.2) is 0 Å². The van der Waals surface area contributed by atoms with Gasteiger partial charge in [0.05, 0.1) is 0 Å². The van der Waals surface area contributed by atoms with E-state index in [0.717, 1.165) is 12.1 Å². The van der Waals surface area contributed by atoms with Crippen molar-refractivity contribution in [3.8, 4) is 0 Å². The van der Waals surface area contributed by atoms with Gasteiger partial charge in [0.1, 0.15) is 0 Å². The molecule has 0 aromatic heterocycles. The normalized spacial score (nSPS) is 12.9. The summed E-state index contributed by atoms with van der Waals surface area (Å²) < 4.78 is 14.6. The third-order valence-corrected chi connectivity index (χ3v) is 16.1. The molecule has 0 heterocycles. The minimum Gasteiger partial charge on any atom is -0.403 e. The van der Waals surface area contributed by atoms with E-state index in [0.29, 0.717) is 0 Å². The summed E-state index contributed by atoms with van der Waals surface area (Å²) in [4.78, 5) is 0. The summed E-state index contributed by atoms with van der Waals surface area (Å²) in [6.45, 7) is 13.1. The molecule has 0 unspecified atom stereocenters. The maximum atomic E-state index is 7.30. The largest absolute Gasteiger partial charge is 0.403 e. The summed E-state index contributed by atoms with van der Waals surface area (Å²) in [6.07, 6.45) is 0. The second kappa shape index (κ2) is 11.5. The lowest BCUT2D eigenvalue weighted by molar-refractivity contribution is 0.120. The molecule has 0 saturated carbocycles. The summed E-state index contributed by atoms with van der Waals surface area (Å²) in [5.41, 5.74) is -0.598. The Morgan fingerprint density at radius 1 is 0.395 bits per heavy atom. The molecule has 0 aliphatic rings. The van der Waals surface area contributed by atoms with Gasteiger partial charge in [0.15, 0.2) is 0 Å². The van der Waals surface area contributed by atoms with Crippen LogP contribution in [0.4, 0.5) is 0 Å². The highest BCUT2D eigenvalue weighted by Gasteiger charge is 2.49. The predicted octanol–water partition coefficient (Wildman–Crippen LogP) is 6.14. The second-order valence-electron chi connectivity index (χ2n) is 12.0. The summed E-state index contributed by atoms with van der Waals surface area (Å²) in [6, 6.07) is 45.6. The fourth-order valence-electron chi connectivity index (χ4n) is 5.48. The minimum atomic E-state index is -2.68. The van der Waals surface area contributed by atoms with Crippen LogP contribution in [-0.2, 0) is 8.85 Å². The highest BCUT2D eigenvalue weighted by molar-refractivity contribution is 7.02. The third-order valence-electron chi connectivity index (χ3n) is 6.75. The van der Waals surface area contributed by atoms with Crippen molar-refractivity contribution in [3.05, 3.63) is 121 Å². The molecule has 0 radical (unpaired) electrons. The molecule has 0 spiro atoms. The summed E-state index contributed by atoms with van der Waals surface area (Å²) >= 11 is 0. The van der Waals surface area contributed by atoms with Gasteiger partial charge in [0, 0.05) is 11.2 Å². The number of rotatable bonds is 9. The van der Waals surface area contributed by atoms with Crippen molar-refractivity contribution >= 4 is 37.4 Å². The SMILES string of the molecule is CC(C)(C)O[Si](CC[Si](OC(C)(C)C)(c1ccccc1)c1ccccc1)(c1ccccc1)c1ccccc1. The van der Waals surface area contributed by atoms with E-state index in [1.807, 2.05) is 0 Å². The van der Waals surface area contributed by atoms with Crippen LogP contribution in [0, 0.1) is 0 Å². The average Bonchev–Trinajstić information content (AvgIpc) is 2.91. The Bertz CT molecular complexity index is 1080. The van der Waals surface area contributed by atoms with Gasteiger partial charge in [-0.15, -0.1) is 0 Å². The van der Waals surface area contributed by atoms with Crippen molar-refractivity contribution in [3.63, 3.8) is 0 Å². The Balaban J connectivity index is 1.94. The fraction of sp³-hybridized carbons (Fsp3) is 0.294. The van der Waals surface area contributed by atoms with Crippen LogP contribution in [0.25, 0.3) is 0 Å². The van der Waals surface area contributed by atoms with Crippen molar-refractivity contribution in [2.45, 2.75) is 64.8 Å². The molecule has 198 valence electrons. The summed E-state index contributed by atoms with van der Waals surface area (Å²) in [5.74, 6) is 0. The van der Waals surface area contributed by atoms with Crippen LogP contribution in [0.2, 0.25) is 12.1 Å². The van der Waals surface area contributed by atoms with Gasteiger partial charge in [-0.1, -0.05) is 121 Å². The van der Waals surface area contributed by atoms with Gasteiger partial charge in [0.2, 0.25) is 0 Å². The fourth-order valence-corrected chi connectivity index (χ4v) is 15.8. The molecule has 2 nitrogen and oxygen atoms in total. The van der Waals surface area contributed by atoms with Gasteiger partial charge in [-0.05, 0) is 74.4 Å². The second-order valence-corrected chi connectivity index (χ2v) is 19.1. The van der Waals surface area contributed by atoms with E-state index >= 15 is 0 Å². The van der Waals surface area contributed by atoms with Gasteiger partial charge in [-0.2, -0.15) is 0 Å². The van der Waals surface area contributed by atoms with Crippen LogP contribution < -0.4 is 20.7 Å². The molecule has 0 bridgehead atoms. The molecule has 0 aliphatic carbocycles. The van der Waals surface area contributed by atoms with E-state index in [2.05, 4.69) is 163 Å². The molecule has 4 aromatic rings. The van der Waals surface area contributed by atoms with Crippen molar-refractivity contribution in [2.24, 2.45) is 0 Å². The van der Waals surface area contributed by atoms with Crippen LogP contribution in [0.3, 0.4) is 0 Å². The van der Waals surface area contributed by atoms with Crippen LogP contribution in [0.1, 0.15) is 41.5 Å². The Hall–Kier alpha value is -2.77. The van der Waals surface area contributed by atoms with E-state index in [4.69, 9.17) is 8.85 Å². The lowest BCUT2D eigenvalue weighted by Gasteiger charge is -2.43. The lowest BCUT2D eigenvalue weighted by Crippen LogP contribution is -2.68. The van der Waals surface area contributed by atoms with Crippen LogP contribution in [0.5, 0.6) is 0 Å². The molecule has 0 amide bonds. The minimum absolute atomic E-state index is 0.299. The van der Waals surface area contributed by atoms with Gasteiger partial charge < -0.3 is 8.85 Å². The monoisotopic (exact) mass is 538 g/mol. The molecular formula is C34H42O2Si2. The smallest absolute Gasteiger partial charge is 0.256 e. The Kier molecular flexibility index (Phi) is 8.58. The zero-order valence-corrected chi connectivity index (χ0v) is 25.8. The Morgan fingerprint density at radius 3 is 0.789 bits per heavy atom. The summed E-state index contributed by atoms with van der Waals surface area (Å²) in [5, 5.41) is 5.23. The third kappa shape index (κ3) is 6.62. The maximum Gasteiger partial charge on any atom is 0.256 e. The molecule has 0 saturated heterocycles. The molecule has 4 aromatic carbocycles. The summed E-state index contributed by atoms with van der Waals surface area (Å²) in [7, 11) is -5.36. The zero-order valence-electron chi connectivity index (χ0n) is 23.8. The number of benzene rings is 4. The van der Waals surface area contributed by atoms with Crippen molar-refractivity contribution < 1.29 is 8.85 Å². The molecule has 38 heavy (non-hydrogen) atoms. The molecule has 4 heteroatoms. The van der Waals surface area contributed by atoms with E-state index in [-0.39, 0.29) is 11.2 Å². The first-order valence-corrected chi connectivity index (χ1v) is 17.9. The van der Waals surface area contributed by atoms with Crippen LogP contribution in [-0.4, -0.2) is 27.8 Å². The molecule has 0 atom stereocenters. The van der Waals surface area contributed by atoms with E-state index in [9.17, 15) is 0 Å². The zero-order chi connectivity index (χ0) is 27.3. The van der Waals surface area contributed by atoms with Gasteiger partial charge >= 0.3 is 0 Å². The van der Waals surface area contributed by atoms with Crippen LogP contribution in [0.15, 0.2) is 121 Å². The molecule has 0 N–H and O–H groups in total. The van der Waals surface area contributed by atoms with Crippen molar-refractivity contribution in [1.82, 2.24) is 0 Å². The standard InChI is InChI=1S/C34H42O2Si2/c1-33(2,3)35-37(29-19-11-7-12-20-29,30-21-13-8-14-22-30)27-28-38(36-34(4,5)6,31-23-15-9-16-24-31)32-25-17-10-18-26-32/h7-26H,27-28H2,1-6H3. The molecule has 0 aliphatic heterocycles. The van der Waals surface area contributed by atoms with E-state index in [1.54, 1.807) is 0 Å². The quantitative estimate of drug-likeness (QED) is 0.239. The molecule has 4 rings (SSSR count). The van der Waals surface area contributed by atoms with Gasteiger partial charge in [0.25, 0.3) is 16.6 Å². The molecular weight excluding hydrogens is 497 g/mol. The Morgan fingerprint density at radius 2 is 0.605 bits per heavy atom. The lowest BCUT2D eigenvalue weighted by atomic mass is 10.2. The topological polar surface area (TPSA) is 18.5 Å². The first-order valence-electron chi connectivity index (χ1n) is 13.7. The number of hydrogen-bond acceptors (Lipinski definition) is 2.